The highest BCUT2D eigenvalue weighted by atomic mass is 35.5. The van der Waals surface area contributed by atoms with Crippen molar-refractivity contribution in [2.45, 2.75) is 88.3 Å². The molecule has 2 rings (SSSR count). The predicted molar refractivity (Wildman–Crippen MR) is 130 cm³/mol. The molecule has 34 heavy (non-hydrogen) atoms. The van der Waals surface area contributed by atoms with Crippen molar-refractivity contribution in [2.24, 2.45) is 11.8 Å². The predicted octanol–water partition coefficient (Wildman–Crippen LogP) is 0.694. The Morgan fingerprint density at radius 2 is 1.03 bits per heavy atom. The topological polar surface area (TPSA) is 133 Å². The fraction of sp³-hybridized carbons (Fsp3) is 0.783. The normalized spacial score (nSPS) is 23.9. The summed E-state index contributed by atoms with van der Waals surface area (Å²) in [4.78, 5) is 63.9. The van der Waals surface area contributed by atoms with Gasteiger partial charge in [0, 0.05) is 0 Å². The number of amides is 2. The van der Waals surface area contributed by atoms with Crippen LogP contribution in [0.25, 0.3) is 0 Å². The molecule has 2 fully saturated rings. The number of Topliss-reactive ketones (excluding diaryl/α,β-unsaturated/α-hetero) is 3. The molecule has 2 saturated heterocycles. The molecule has 0 spiro atoms. The summed E-state index contributed by atoms with van der Waals surface area (Å²) >= 11 is 12.4. The van der Waals surface area contributed by atoms with Gasteiger partial charge < -0.3 is 21.3 Å². The van der Waals surface area contributed by atoms with Gasteiger partial charge in [-0.3, -0.25) is 24.0 Å². The van der Waals surface area contributed by atoms with Crippen molar-refractivity contribution in [3.8, 4) is 0 Å². The standard InChI is InChI=1S/C23H36Cl2N4O5/c1-11(2)17(28-22(33)13-7-5-9-26-13)20(31)15(24)19(30)16(25)21(32)18(12(3)4)29-23(34)14-8-6-10-27-14/h11-18,26-27H,5-10H2,1-4H3,(H,28,33)(H,29,34)/t13-,14-,15?,16?,17-,18-/m0/s1. The first kappa shape index (κ1) is 28.7. The third kappa shape index (κ3) is 7.23. The minimum absolute atomic E-state index is 0.331. The maximum absolute atomic E-state index is 13.0. The van der Waals surface area contributed by atoms with Gasteiger partial charge in [-0.15, -0.1) is 23.2 Å². The average Bonchev–Trinajstić information content (AvgIpc) is 3.52. The van der Waals surface area contributed by atoms with Crippen LogP contribution in [-0.4, -0.2) is 77.2 Å². The third-order valence-corrected chi connectivity index (χ3v) is 7.15. The maximum Gasteiger partial charge on any atom is 0.237 e. The Morgan fingerprint density at radius 1 is 0.676 bits per heavy atom. The van der Waals surface area contributed by atoms with Crippen molar-refractivity contribution in [2.75, 3.05) is 13.1 Å². The lowest BCUT2D eigenvalue weighted by Gasteiger charge is -2.27. The van der Waals surface area contributed by atoms with Crippen LogP contribution in [0.2, 0.25) is 0 Å². The van der Waals surface area contributed by atoms with Crippen molar-refractivity contribution >= 4 is 52.4 Å². The molecule has 2 aliphatic rings. The van der Waals surface area contributed by atoms with E-state index >= 15 is 0 Å². The largest absolute Gasteiger partial charge is 0.345 e. The Bertz CT molecular complexity index is 717. The Morgan fingerprint density at radius 3 is 1.29 bits per heavy atom. The molecule has 2 aliphatic heterocycles. The number of alkyl halides is 2. The molecule has 192 valence electrons. The molecule has 4 N–H and O–H groups in total. The molecule has 0 bridgehead atoms. The molecule has 0 aromatic carbocycles. The fourth-order valence-corrected chi connectivity index (χ4v) is 4.77. The van der Waals surface area contributed by atoms with Crippen molar-refractivity contribution in [1.29, 1.82) is 0 Å². The molecule has 0 aliphatic carbocycles. The summed E-state index contributed by atoms with van der Waals surface area (Å²) in [5.74, 6) is -3.73. The molecule has 0 aromatic heterocycles. The van der Waals surface area contributed by atoms with Crippen molar-refractivity contribution < 1.29 is 24.0 Å². The molecule has 11 heteroatoms. The summed E-state index contributed by atoms with van der Waals surface area (Å²) in [5, 5.41) is 8.05. The van der Waals surface area contributed by atoms with E-state index in [2.05, 4.69) is 21.3 Å². The molecule has 6 atom stereocenters. The van der Waals surface area contributed by atoms with Crippen molar-refractivity contribution in [1.82, 2.24) is 21.3 Å². The molecule has 2 heterocycles. The number of rotatable bonds is 12. The van der Waals surface area contributed by atoms with Gasteiger partial charge in [-0.25, -0.2) is 0 Å². The number of hydrogen-bond acceptors (Lipinski definition) is 7. The quantitative estimate of drug-likeness (QED) is 0.220. The molecule has 9 nitrogen and oxygen atoms in total. The van der Waals surface area contributed by atoms with E-state index < -0.39 is 52.3 Å². The summed E-state index contributed by atoms with van der Waals surface area (Å²) in [7, 11) is 0. The second kappa shape index (κ2) is 13.0. The Kier molecular flexibility index (Phi) is 10.9. The SMILES string of the molecule is CC(C)[C@H](NC(=O)[C@@H]1CCCN1)C(=O)C(Cl)C(=O)C(Cl)C(=O)[C@@H](NC(=O)[C@@H]1CCCN1)C(C)C. The lowest BCUT2D eigenvalue weighted by molar-refractivity contribution is -0.135. The van der Waals surface area contributed by atoms with Crippen LogP contribution in [0.3, 0.4) is 0 Å². The van der Waals surface area contributed by atoms with Crippen LogP contribution in [0.5, 0.6) is 0 Å². The van der Waals surface area contributed by atoms with Gasteiger partial charge in [-0.1, -0.05) is 27.7 Å². The van der Waals surface area contributed by atoms with Crippen molar-refractivity contribution in [3.05, 3.63) is 0 Å². The number of carbonyl (C=O) groups excluding carboxylic acids is 5. The van der Waals surface area contributed by atoms with Crippen LogP contribution in [0.4, 0.5) is 0 Å². The van der Waals surface area contributed by atoms with E-state index in [1.807, 2.05) is 0 Å². The Balaban J connectivity index is 2.06. The van der Waals surface area contributed by atoms with Gasteiger partial charge in [0.2, 0.25) is 11.8 Å². The zero-order valence-corrected chi connectivity index (χ0v) is 21.7. The van der Waals surface area contributed by atoms with E-state index in [-0.39, 0.29) is 23.7 Å². The number of halogens is 2. The highest BCUT2D eigenvalue weighted by Gasteiger charge is 2.42. The van der Waals surface area contributed by atoms with E-state index in [1.165, 1.54) is 0 Å². The lowest BCUT2D eigenvalue weighted by atomic mass is 9.91. The fourth-order valence-electron chi connectivity index (χ4n) is 4.18. The smallest absolute Gasteiger partial charge is 0.237 e. The zero-order chi connectivity index (χ0) is 25.6. The van der Waals surface area contributed by atoms with Gasteiger partial charge in [0.05, 0.1) is 24.2 Å². The second-order valence-electron chi connectivity index (χ2n) is 9.69. The van der Waals surface area contributed by atoms with Crippen molar-refractivity contribution in [3.63, 3.8) is 0 Å². The van der Waals surface area contributed by atoms with Crippen LogP contribution in [0.1, 0.15) is 53.4 Å². The molecule has 0 saturated carbocycles. The summed E-state index contributed by atoms with van der Waals surface area (Å²) in [6.07, 6.45) is 3.03. The van der Waals surface area contributed by atoms with E-state index in [9.17, 15) is 24.0 Å². The summed E-state index contributed by atoms with van der Waals surface area (Å²) in [6, 6.07) is -2.81. The molecular formula is C23H36Cl2N4O5. The zero-order valence-electron chi connectivity index (χ0n) is 20.2. The monoisotopic (exact) mass is 518 g/mol. The van der Waals surface area contributed by atoms with E-state index in [0.29, 0.717) is 12.8 Å². The van der Waals surface area contributed by atoms with Gasteiger partial charge >= 0.3 is 0 Å². The van der Waals surface area contributed by atoms with Gasteiger partial charge in [-0.2, -0.15) is 0 Å². The number of hydrogen-bond donors (Lipinski definition) is 4. The third-order valence-electron chi connectivity index (χ3n) is 6.29. The van der Waals surface area contributed by atoms with Crippen LogP contribution in [0.15, 0.2) is 0 Å². The van der Waals surface area contributed by atoms with E-state index in [1.54, 1.807) is 27.7 Å². The first-order chi connectivity index (χ1) is 16.0. The van der Waals surface area contributed by atoms with Crippen LogP contribution < -0.4 is 21.3 Å². The average molecular weight is 519 g/mol. The lowest BCUT2D eigenvalue weighted by Crippen LogP contribution is -2.56. The molecule has 0 radical (unpaired) electrons. The first-order valence-electron chi connectivity index (χ1n) is 11.9. The Hall–Kier alpha value is -1.55. The Labute approximate surface area is 210 Å². The minimum Gasteiger partial charge on any atom is -0.345 e. The molecular weight excluding hydrogens is 483 g/mol. The summed E-state index contributed by atoms with van der Waals surface area (Å²) in [6.45, 7) is 8.34. The minimum atomic E-state index is -1.71. The highest BCUT2D eigenvalue weighted by Crippen LogP contribution is 2.19. The van der Waals surface area contributed by atoms with Crippen LogP contribution in [0, 0.1) is 11.8 Å². The first-order valence-corrected chi connectivity index (χ1v) is 12.8. The van der Waals surface area contributed by atoms with Crippen LogP contribution in [-0.2, 0) is 24.0 Å². The summed E-state index contributed by atoms with van der Waals surface area (Å²) in [5.41, 5.74) is 0. The van der Waals surface area contributed by atoms with Crippen LogP contribution >= 0.6 is 23.2 Å². The molecule has 2 amide bonds. The number of nitrogens with one attached hydrogen (secondary N) is 4. The number of ketones is 3. The molecule has 0 aromatic rings. The van der Waals surface area contributed by atoms with E-state index in [4.69, 9.17) is 23.2 Å². The van der Waals surface area contributed by atoms with Gasteiger partial charge in [-0.05, 0) is 50.6 Å². The van der Waals surface area contributed by atoms with Gasteiger partial charge in [0.1, 0.15) is 0 Å². The number of carbonyl (C=O) groups is 5. The van der Waals surface area contributed by atoms with E-state index in [0.717, 1.165) is 25.9 Å². The highest BCUT2D eigenvalue weighted by molar-refractivity contribution is 6.52. The molecule has 2 unspecified atom stereocenters. The maximum atomic E-state index is 13.0. The second-order valence-corrected chi connectivity index (χ2v) is 10.6. The van der Waals surface area contributed by atoms with Gasteiger partial charge in [0.15, 0.2) is 28.1 Å². The summed E-state index contributed by atoms with van der Waals surface area (Å²) < 4.78 is 0. The van der Waals surface area contributed by atoms with Gasteiger partial charge in [0.25, 0.3) is 0 Å².